The monoisotopic (exact) mass is 405 g/mol. The SMILES string of the molecule is CCCC(CC(=O)N1CC[C@@H](Oc2ccccc2C)[C@@H](c2ccccc2)C1)C1CC1. The van der Waals surface area contributed by atoms with Crippen molar-refractivity contribution in [1.82, 2.24) is 4.90 Å². The molecule has 0 spiro atoms. The van der Waals surface area contributed by atoms with Gasteiger partial charge in [-0.3, -0.25) is 4.79 Å². The van der Waals surface area contributed by atoms with Gasteiger partial charge >= 0.3 is 0 Å². The predicted molar refractivity (Wildman–Crippen MR) is 122 cm³/mol. The summed E-state index contributed by atoms with van der Waals surface area (Å²) in [5.41, 5.74) is 2.43. The summed E-state index contributed by atoms with van der Waals surface area (Å²) >= 11 is 0. The van der Waals surface area contributed by atoms with Crippen LogP contribution in [0.15, 0.2) is 54.6 Å². The number of benzene rings is 2. The van der Waals surface area contributed by atoms with Gasteiger partial charge in [0.1, 0.15) is 11.9 Å². The number of aryl methyl sites for hydroxylation is 1. The lowest BCUT2D eigenvalue weighted by molar-refractivity contribution is -0.134. The van der Waals surface area contributed by atoms with Crippen LogP contribution in [0.4, 0.5) is 0 Å². The van der Waals surface area contributed by atoms with Crippen LogP contribution >= 0.6 is 0 Å². The smallest absolute Gasteiger partial charge is 0.222 e. The molecule has 2 aliphatic rings. The first kappa shape index (κ1) is 21.0. The zero-order valence-electron chi connectivity index (χ0n) is 18.4. The van der Waals surface area contributed by atoms with Crippen molar-refractivity contribution in [2.45, 2.75) is 64.4 Å². The van der Waals surface area contributed by atoms with Gasteiger partial charge in [0.15, 0.2) is 0 Å². The van der Waals surface area contributed by atoms with Crippen molar-refractivity contribution in [2.75, 3.05) is 13.1 Å². The zero-order chi connectivity index (χ0) is 20.9. The molecule has 1 saturated heterocycles. The molecule has 160 valence electrons. The fourth-order valence-corrected chi connectivity index (χ4v) is 4.97. The Morgan fingerprint density at radius 2 is 1.80 bits per heavy atom. The molecule has 1 aliphatic carbocycles. The predicted octanol–water partition coefficient (Wildman–Crippen LogP) is 5.97. The Morgan fingerprint density at radius 1 is 1.07 bits per heavy atom. The van der Waals surface area contributed by atoms with Crippen LogP contribution in [0.5, 0.6) is 5.75 Å². The Labute approximate surface area is 181 Å². The largest absolute Gasteiger partial charge is 0.489 e. The van der Waals surface area contributed by atoms with E-state index in [0.717, 1.165) is 43.2 Å². The third-order valence-electron chi connectivity index (χ3n) is 6.89. The molecular formula is C27H35NO2. The number of hydrogen-bond acceptors (Lipinski definition) is 2. The minimum atomic E-state index is 0.0902. The number of carbonyl (C=O) groups excluding carboxylic acids is 1. The van der Waals surface area contributed by atoms with Crippen LogP contribution in [0.3, 0.4) is 0 Å². The maximum Gasteiger partial charge on any atom is 0.222 e. The van der Waals surface area contributed by atoms with E-state index in [4.69, 9.17) is 4.74 Å². The summed E-state index contributed by atoms with van der Waals surface area (Å²) in [6.45, 7) is 5.88. The Balaban J connectivity index is 1.48. The number of nitrogens with zero attached hydrogens (tertiary/aromatic N) is 1. The van der Waals surface area contributed by atoms with E-state index < -0.39 is 0 Å². The number of rotatable bonds is 8. The summed E-state index contributed by atoms with van der Waals surface area (Å²) in [6.07, 6.45) is 6.68. The van der Waals surface area contributed by atoms with E-state index in [0.29, 0.717) is 11.8 Å². The molecule has 0 radical (unpaired) electrons. The average Bonchev–Trinajstić information content (AvgIpc) is 3.61. The van der Waals surface area contributed by atoms with Crippen LogP contribution in [0.1, 0.15) is 62.5 Å². The summed E-state index contributed by atoms with van der Waals surface area (Å²) in [5.74, 6) is 2.88. The summed E-state index contributed by atoms with van der Waals surface area (Å²) < 4.78 is 6.51. The van der Waals surface area contributed by atoms with Crippen LogP contribution in [-0.4, -0.2) is 30.0 Å². The van der Waals surface area contributed by atoms with Crippen LogP contribution < -0.4 is 4.74 Å². The molecule has 3 atom stereocenters. The lowest BCUT2D eigenvalue weighted by Crippen LogP contribution is -2.47. The third-order valence-corrected chi connectivity index (χ3v) is 6.89. The fourth-order valence-electron chi connectivity index (χ4n) is 4.97. The Hall–Kier alpha value is -2.29. The second-order valence-corrected chi connectivity index (χ2v) is 9.16. The number of hydrogen-bond donors (Lipinski definition) is 0. The molecule has 1 heterocycles. The molecule has 3 heteroatoms. The molecule has 0 bridgehead atoms. The van der Waals surface area contributed by atoms with E-state index >= 15 is 0 Å². The van der Waals surface area contributed by atoms with Crippen molar-refractivity contribution in [3.63, 3.8) is 0 Å². The van der Waals surface area contributed by atoms with Gasteiger partial charge in [0.2, 0.25) is 5.91 Å². The topological polar surface area (TPSA) is 29.5 Å². The average molecular weight is 406 g/mol. The second kappa shape index (κ2) is 9.68. The maximum absolute atomic E-state index is 13.2. The van der Waals surface area contributed by atoms with Gasteiger partial charge in [0, 0.05) is 31.8 Å². The molecule has 2 aromatic rings. The molecule has 2 fully saturated rings. The molecule has 4 rings (SSSR count). The van der Waals surface area contributed by atoms with Gasteiger partial charge in [0.25, 0.3) is 0 Å². The summed E-state index contributed by atoms with van der Waals surface area (Å²) in [6, 6.07) is 18.8. The summed E-state index contributed by atoms with van der Waals surface area (Å²) in [7, 11) is 0. The number of para-hydroxylation sites is 1. The highest BCUT2D eigenvalue weighted by atomic mass is 16.5. The first-order valence-corrected chi connectivity index (χ1v) is 11.7. The van der Waals surface area contributed by atoms with Crippen molar-refractivity contribution >= 4 is 5.91 Å². The molecule has 1 saturated carbocycles. The van der Waals surface area contributed by atoms with Gasteiger partial charge in [-0.1, -0.05) is 61.9 Å². The fraction of sp³-hybridized carbons (Fsp3) is 0.519. The normalized spacial score (nSPS) is 22.5. The van der Waals surface area contributed by atoms with Crippen molar-refractivity contribution in [3.05, 3.63) is 65.7 Å². The minimum absolute atomic E-state index is 0.0902. The number of carbonyl (C=O) groups is 1. The van der Waals surface area contributed by atoms with Crippen LogP contribution in [0, 0.1) is 18.8 Å². The second-order valence-electron chi connectivity index (χ2n) is 9.16. The molecule has 1 unspecified atom stereocenters. The molecule has 0 aromatic heterocycles. The van der Waals surface area contributed by atoms with Gasteiger partial charge in [0.05, 0.1) is 0 Å². The summed E-state index contributed by atoms with van der Waals surface area (Å²) in [5, 5.41) is 0. The van der Waals surface area contributed by atoms with E-state index in [2.05, 4.69) is 61.2 Å². The van der Waals surface area contributed by atoms with E-state index in [-0.39, 0.29) is 12.0 Å². The number of amides is 1. The van der Waals surface area contributed by atoms with Crippen LogP contribution in [-0.2, 0) is 4.79 Å². The molecule has 3 nitrogen and oxygen atoms in total. The highest BCUT2D eigenvalue weighted by Crippen LogP contribution is 2.41. The Morgan fingerprint density at radius 3 is 2.50 bits per heavy atom. The maximum atomic E-state index is 13.2. The van der Waals surface area contributed by atoms with Crippen molar-refractivity contribution < 1.29 is 9.53 Å². The van der Waals surface area contributed by atoms with Gasteiger partial charge in [-0.2, -0.15) is 0 Å². The van der Waals surface area contributed by atoms with Crippen molar-refractivity contribution in [1.29, 1.82) is 0 Å². The molecular weight excluding hydrogens is 370 g/mol. The van der Waals surface area contributed by atoms with Crippen LogP contribution in [0.25, 0.3) is 0 Å². The molecule has 2 aromatic carbocycles. The van der Waals surface area contributed by atoms with Gasteiger partial charge in [-0.05, 0) is 55.2 Å². The van der Waals surface area contributed by atoms with E-state index in [9.17, 15) is 4.79 Å². The summed E-state index contributed by atoms with van der Waals surface area (Å²) in [4.78, 5) is 15.3. The Bertz CT molecular complexity index is 830. The number of likely N-dealkylation sites (tertiary alicyclic amines) is 1. The lowest BCUT2D eigenvalue weighted by Gasteiger charge is -2.39. The highest BCUT2D eigenvalue weighted by molar-refractivity contribution is 5.76. The van der Waals surface area contributed by atoms with Crippen molar-refractivity contribution in [3.8, 4) is 5.75 Å². The molecule has 30 heavy (non-hydrogen) atoms. The molecule has 0 N–H and O–H groups in total. The van der Waals surface area contributed by atoms with E-state index in [1.54, 1.807) is 0 Å². The van der Waals surface area contributed by atoms with E-state index in [1.807, 2.05) is 12.1 Å². The van der Waals surface area contributed by atoms with E-state index in [1.165, 1.54) is 31.2 Å². The first-order chi connectivity index (χ1) is 14.7. The van der Waals surface area contributed by atoms with Crippen LogP contribution in [0.2, 0.25) is 0 Å². The van der Waals surface area contributed by atoms with Gasteiger partial charge in [-0.15, -0.1) is 0 Å². The van der Waals surface area contributed by atoms with Crippen molar-refractivity contribution in [2.24, 2.45) is 11.8 Å². The zero-order valence-corrected chi connectivity index (χ0v) is 18.4. The van der Waals surface area contributed by atoms with Gasteiger partial charge < -0.3 is 9.64 Å². The molecule has 1 aliphatic heterocycles. The first-order valence-electron chi connectivity index (χ1n) is 11.7. The lowest BCUT2D eigenvalue weighted by atomic mass is 9.86. The van der Waals surface area contributed by atoms with Gasteiger partial charge in [-0.25, -0.2) is 0 Å². The minimum Gasteiger partial charge on any atom is -0.489 e. The standard InChI is InChI=1S/C27H35NO2/c1-3-9-23(21-14-15-21)18-27(29)28-17-16-26(30-25-13-8-7-10-20(25)2)24(19-28)22-11-5-4-6-12-22/h4-8,10-13,21,23-24,26H,3,9,14-19H2,1-2H3/t23?,24-,26-/m1/s1. The third kappa shape index (κ3) is 5.06. The highest BCUT2D eigenvalue weighted by Gasteiger charge is 2.37. The molecule has 1 amide bonds. The quantitative estimate of drug-likeness (QED) is 0.541. The number of piperidine rings is 1. The Kier molecular flexibility index (Phi) is 6.76. The number of ether oxygens (including phenoxy) is 1.